The summed E-state index contributed by atoms with van der Waals surface area (Å²) in [6.07, 6.45) is 1.38. The summed E-state index contributed by atoms with van der Waals surface area (Å²) in [7, 11) is -0.840. The minimum atomic E-state index is -3.87. The van der Waals surface area contributed by atoms with E-state index in [-0.39, 0.29) is 16.3 Å². The zero-order valence-corrected chi connectivity index (χ0v) is 20.8. The van der Waals surface area contributed by atoms with Crippen LogP contribution >= 0.6 is 0 Å². The van der Waals surface area contributed by atoms with Gasteiger partial charge >= 0.3 is 0 Å². The van der Waals surface area contributed by atoms with Gasteiger partial charge in [-0.1, -0.05) is 17.7 Å². The third kappa shape index (κ3) is 4.88. The molecule has 1 amide bonds. The molecule has 0 aliphatic heterocycles. The van der Waals surface area contributed by atoms with Crippen LogP contribution in [0, 0.1) is 13.8 Å². The molecular formula is C24H31N5O3S. The van der Waals surface area contributed by atoms with E-state index >= 15 is 0 Å². The standard InChI is InChI=1S/C24H31N5O3S/c1-7-29(8-2)19-11-14-22(18(4)15-19)26-23(30)21-16-25-27(5)24(21)28(6)33(31,32)20-12-9-17(3)10-13-20/h9-16H,7-8H2,1-6H3,(H,26,30). The van der Waals surface area contributed by atoms with Gasteiger partial charge in [-0.2, -0.15) is 5.10 Å². The van der Waals surface area contributed by atoms with E-state index in [0.717, 1.165) is 34.2 Å². The molecule has 0 saturated heterocycles. The van der Waals surface area contributed by atoms with Crippen molar-refractivity contribution in [1.29, 1.82) is 0 Å². The van der Waals surface area contributed by atoms with Gasteiger partial charge in [0.2, 0.25) is 0 Å². The van der Waals surface area contributed by atoms with Crippen LogP contribution in [0.25, 0.3) is 0 Å². The number of carbonyl (C=O) groups excluding carboxylic acids is 1. The number of sulfonamides is 1. The summed E-state index contributed by atoms with van der Waals surface area (Å²) in [6, 6.07) is 12.4. The zero-order valence-electron chi connectivity index (χ0n) is 20.0. The number of aromatic nitrogens is 2. The molecule has 0 aliphatic rings. The number of nitrogens with zero attached hydrogens (tertiary/aromatic N) is 4. The number of aryl methyl sites for hydroxylation is 3. The number of rotatable bonds is 8. The lowest BCUT2D eigenvalue weighted by Crippen LogP contribution is -2.30. The number of amides is 1. The molecule has 3 rings (SSSR count). The molecule has 0 unspecified atom stereocenters. The molecule has 0 bridgehead atoms. The maximum atomic E-state index is 13.2. The second-order valence-electron chi connectivity index (χ2n) is 7.92. The first kappa shape index (κ1) is 24.3. The smallest absolute Gasteiger partial charge is 0.265 e. The highest BCUT2D eigenvalue weighted by molar-refractivity contribution is 7.92. The number of carbonyl (C=O) groups is 1. The van der Waals surface area contributed by atoms with Crippen molar-refractivity contribution in [2.45, 2.75) is 32.6 Å². The minimum Gasteiger partial charge on any atom is -0.372 e. The van der Waals surface area contributed by atoms with Crippen molar-refractivity contribution in [3.8, 4) is 0 Å². The van der Waals surface area contributed by atoms with E-state index in [4.69, 9.17) is 0 Å². The summed E-state index contributed by atoms with van der Waals surface area (Å²) in [5.74, 6) is -0.242. The maximum Gasteiger partial charge on any atom is 0.265 e. The first-order chi connectivity index (χ1) is 15.6. The lowest BCUT2D eigenvalue weighted by Gasteiger charge is -2.22. The van der Waals surface area contributed by atoms with Crippen LogP contribution in [-0.2, 0) is 17.1 Å². The van der Waals surface area contributed by atoms with E-state index in [1.807, 2.05) is 32.0 Å². The average molecular weight is 470 g/mol. The van der Waals surface area contributed by atoms with E-state index in [1.165, 1.54) is 17.9 Å². The largest absolute Gasteiger partial charge is 0.372 e. The van der Waals surface area contributed by atoms with Crippen molar-refractivity contribution in [3.05, 3.63) is 65.4 Å². The van der Waals surface area contributed by atoms with Crippen molar-refractivity contribution >= 4 is 33.1 Å². The number of benzene rings is 2. The Balaban J connectivity index is 1.90. The molecule has 9 heteroatoms. The summed E-state index contributed by atoms with van der Waals surface area (Å²) in [4.78, 5) is 15.5. The van der Waals surface area contributed by atoms with Gasteiger partial charge in [0.1, 0.15) is 5.56 Å². The van der Waals surface area contributed by atoms with Gasteiger partial charge in [0.25, 0.3) is 15.9 Å². The lowest BCUT2D eigenvalue weighted by atomic mass is 10.1. The Labute approximate surface area is 195 Å². The molecule has 1 heterocycles. The molecule has 0 radical (unpaired) electrons. The van der Waals surface area contributed by atoms with Gasteiger partial charge < -0.3 is 10.2 Å². The van der Waals surface area contributed by atoms with Gasteiger partial charge in [-0.25, -0.2) is 8.42 Å². The van der Waals surface area contributed by atoms with E-state index in [0.29, 0.717) is 5.69 Å². The van der Waals surface area contributed by atoms with Gasteiger partial charge in [-0.15, -0.1) is 0 Å². The highest BCUT2D eigenvalue weighted by Crippen LogP contribution is 2.28. The van der Waals surface area contributed by atoms with Crippen LogP contribution in [0.2, 0.25) is 0 Å². The summed E-state index contributed by atoms with van der Waals surface area (Å²) < 4.78 is 28.9. The van der Waals surface area contributed by atoms with Crippen molar-refractivity contribution in [1.82, 2.24) is 9.78 Å². The average Bonchev–Trinajstić information content (AvgIpc) is 3.17. The van der Waals surface area contributed by atoms with E-state index in [9.17, 15) is 13.2 Å². The van der Waals surface area contributed by atoms with Crippen LogP contribution in [0.1, 0.15) is 35.3 Å². The summed E-state index contributed by atoms with van der Waals surface area (Å²) in [5, 5.41) is 7.05. The van der Waals surface area contributed by atoms with Gasteiger partial charge in [-0.05, 0) is 63.6 Å². The Morgan fingerprint density at radius 1 is 1.06 bits per heavy atom. The van der Waals surface area contributed by atoms with Crippen LogP contribution < -0.4 is 14.5 Å². The van der Waals surface area contributed by atoms with Crippen LogP contribution in [0.5, 0.6) is 0 Å². The van der Waals surface area contributed by atoms with Crippen LogP contribution in [0.3, 0.4) is 0 Å². The molecule has 0 aliphatic carbocycles. The predicted octanol–water partition coefficient (Wildman–Crippen LogP) is 3.96. The number of hydrogen-bond donors (Lipinski definition) is 1. The van der Waals surface area contributed by atoms with Gasteiger partial charge in [-0.3, -0.25) is 13.8 Å². The lowest BCUT2D eigenvalue weighted by molar-refractivity contribution is 0.102. The Morgan fingerprint density at radius 2 is 1.70 bits per heavy atom. The molecular weight excluding hydrogens is 438 g/mol. The molecule has 0 fully saturated rings. The number of hydrogen-bond acceptors (Lipinski definition) is 5. The third-order valence-corrected chi connectivity index (χ3v) is 7.48. The number of anilines is 3. The third-order valence-electron chi connectivity index (χ3n) is 5.72. The van der Waals surface area contributed by atoms with E-state index < -0.39 is 15.9 Å². The van der Waals surface area contributed by atoms with E-state index in [2.05, 4.69) is 29.2 Å². The van der Waals surface area contributed by atoms with Gasteiger partial charge in [0, 0.05) is 38.6 Å². The predicted molar refractivity (Wildman–Crippen MR) is 133 cm³/mol. The molecule has 0 spiro atoms. The fraction of sp³-hybridized carbons (Fsp3) is 0.333. The Hall–Kier alpha value is -3.33. The fourth-order valence-electron chi connectivity index (χ4n) is 3.71. The number of nitrogens with one attached hydrogen (secondary N) is 1. The molecule has 0 atom stereocenters. The molecule has 33 heavy (non-hydrogen) atoms. The van der Waals surface area contributed by atoms with Gasteiger partial charge in [0.05, 0.1) is 11.1 Å². The first-order valence-corrected chi connectivity index (χ1v) is 12.3. The van der Waals surface area contributed by atoms with Crippen LogP contribution in [0.15, 0.2) is 53.6 Å². The van der Waals surface area contributed by atoms with Crippen molar-refractivity contribution < 1.29 is 13.2 Å². The van der Waals surface area contributed by atoms with Crippen molar-refractivity contribution in [2.75, 3.05) is 34.7 Å². The molecule has 2 aromatic carbocycles. The second kappa shape index (κ2) is 9.66. The Kier molecular flexibility index (Phi) is 7.12. The maximum absolute atomic E-state index is 13.2. The highest BCUT2D eigenvalue weighted by Gasteiger charge is 2.28. The molecule has 3 aromatic rings. The monoisotopic (exact) mass is 469 g/mol. The van der Waals surface area contributed by atoms with E-state index in [1.54, 1.807) is 31.3 Å². The van der Waals surface area contributed by atoms with Crippen molar-refractivity contribution in [3.63, 3.8) is 0 Å². The quantitative estimate of drug-likeness (QED) is 0.540. The second-order valence-corrected chi connectivity index (χ2v) is 9.89. The minimum absolute atomic E-state index is 0.144. The Morgan fingerprint density at radius 3 is 2.27 bits per heavy atom. The van der Waals surface area contributed by atoms with Gasteiger partial charge in [0.15, 0.2) is 5.82 Å². The fourth-order valence-corrected chi connectivity index (χ4v) is 4.95. The highest BCUT2D eigenvalue weighted by atomic mass is 32.2. The van der Waals surface area contributed by atoms with Crippen LogP contribution in [-0.4, -0.2) is 44.2 Å². The molecule has 0 saturated carbocycles. The van der Waals surface area contributed by atoms with Crippen LogP contribution in [0.4, 0.5) is 17.2 Å². The SMILES string of the molecule is CCN(CC)c1ccc(NC(=O)c2cnn(C)c2N(C)S(=O)(=O)c2ccc(C)cc2)c(C)c1. The molecule has 8 nitrogen and oxygen atoms in total. The summed E-state index contributed by atoms with van der Waals surface area (Å²) in [6.45, 7) is 9.80. The topological polar surface area (TPSA) is 87.5 Å². The Bertz CT molecular complexity index is 1250. The summed E-state index contributed by atoms with van der Waals surface area (Å²) in [5.41, 5.74) is 3.79. The summed E-state index contributed by atoms with van der Waals surface area (Å²) >= 11 is 0. The molecule has 1 aromatic heterocycles. The molecule has 1 N–H and O–H groups in total. The molecule has 176 valence electrons. The van der Waals surface area contributed by atoms with Crippen molar-refractivity contribution in [2.24, 2.45) is 7.05 Å². The first-order valence-electron chi connectivity index (χ1n) is 10.8. The normalized spacial score (nSPS) is 11.3. The zero-order chi connectivity index (χ0) is 24.3.